The second-order valence-corrected chi connectivity index (χ2v) is 14.6. The number of carbonyl (C=O) groups is 4. The summed E-state index contributed by atoms with van der Waals surface area (Å²) in [6.45, 7) is 14.2. The van der Waals surface area contributed by atoms with Gasteiger partial charge in [0.2, 0.25) is 0 Å². The van der Waals surface area contributed by atoms with Crippen LogP contribution in [0.4, 0.5) is 0 Å². The van der Waals surface area contributed by atoms with Crippen molar-refractivity contribution in [1.29, 1.82) is 0 Å². The number of aliphatic imine (C=N–C) groups is 2. The van der Waals surface area contributed by atoms with Crippen molar-refractivity contribution in [3.8, 4) is 0 Å². The second-order valence-electron chi connectivity index (χ2n) is 14.6. The first kappa shape index (κ1) is 32.8. The third-order valence-electron chi connectivity index (χ3n) is 9.00. The van der Waals surface area contributed by atoms with Crippen LogP contribution in [0.15, 0.2) is 58.8 Å². The fraction of sp³-hybridized carbons (Fsp3) is 0.368. The van der Waals surface area contributed by atoms with Gasteiger partial charge < -0.3 is 9.97 Å². The van der Waals surface area contributed by atoms with Crippen LogP contribution in [0.5, 0.6) is 0 Å². The van der Waals surface area contributed by atoms with Crippen molar-refractivity contribution in [3.05, 3.63) is 93.6 Å². The van der Waals surface area contributed by atoms with Crippen LogP contribution in [-0.4, -0.2) is 82.0 Å². The van der Waals surface area contributed by atoms with Crippen LogP contribution in [0.25, 0.3) is 10.8 Å². The van der Waals surface area contributed by atoms with Crippen LogP contribution in [0.2, 0.25) is 0 Å². The first-order chi connectivity index (χ1) is 22.8. The molecule has 0 saturated heterocycles. The summed E-state index contributed by atoms with van der Waals surface area (Å²) in [6, 6.07) is 10.5. The van der Waals surface area contributed by atoms with E-state index in [9.17, 15) is 19.2 Å². The molecule has 4 aromatic rings. The lowest BCUT2D eigenvalue weighted by atomic mass is 9.86. The van der Waals surface area contributed by atoms with Crippen LogP contribution in [0.3, 0.4) is 0 Å². The number of nitrogens with one attached hydrogen (secondary N) is 2. The third-order valence-corrected chi connectivity index (χ3v) is 9.00. The summed E-state index contributed by atoms with van der Waals surface area (Å²) in [4.78, 5) is 72.2. The standard InChI is InChI=1S/C38H42N6O4/c1-37(2,3)23-17-25(41-19-23)21-39-13-7-15-43-33(45)27-9-11-29-32-30(12-10-28(31(27)32)34(43)46)36(48)44(35(29)47)16-8-14-40-22-26-18-24(20-42-26)38(4,5)6/h9-12,17-22,41-42H,7-8,13-16H2,1-6H3. The number of nitrogens with zero attached hydrogens (tertiary/aromatic N) is 4. The number of rotatable bonds is 10. The molecule has 0 saturated carbocycles. The van der Waals surface area contributed by atoms with Crippen molar-refractivity contribution in [1.82, 2.24) is 19.8 Å². The Kier molecular flexibility index (Phi) is 8.53. The molecule has 0 unspecified atom stereocenters. The lowest BCUT2D eigenvalue weighted by Gasteiger charge is -2.31. The first-order valence-electron chi connectivity index (χ1n) is 16.5. The molecule has 2 aliphatic rings. The van der Waals surface area contributed by atoms with Gasteiger partial charge in [0.15, 0.2) is 0 Å². The molecule has 0 spiro atoms. The first-order valence-corrected chi connectivity index (χ1v) is 16.5. The molecule has 0 aliphatic carbocycles. The molecule has 4 amide bonds. The molecule has 4 heterocycles. The zero-order chi connectivity index (χ0) is 34.4. The molecule has 2 aliphatic heterocycles. The molecular weight excluding hydrogens is 604 g/mol. The fourth-order valence-corrected chi connectivity index (χ4v) is 6.19. The number of imide groups is 2. The van der Waals surface area contributed by atoms with E-state index >= 15 is 0 Å². The van der Waals surface area contributed by atoms with Crippen molar-refractivity contribution < 1.29 is 19.2 Å². The number of H-pyrrole nitrogens is 2. The van der Waals surface area contributed by atoms with Crippen molar-refractivity contribution in [2.24, 2.45) is 9.98 Å². The Morgan fingerprint density at radius 2 is 0.917 bits per heavy atom. The van der Waals surface area contributed by atoms with Crippen molar-refractivity contribution in [2.75, 3.05) is 26.2 Å². The number of benzene rings is 2. The molecule has 0 fully saturated rings. The minimum absolute atomic E-state index is 0.0345. The summed E-state index contributed by atoms with van der Waals surface area (Å²) < 4.78 is 0. The summed E-state index contributed by atoms with van der Waals surface area (Å²) in [5.74, 6) is -1.74. The highest BCUT2D eigenvalue weighted by atomic mass is 16.2. The maximum atomic E-state index is 13.6. The lowest BCUT2D eigenvalue weighted by molar-refractivity contribution is 0.0588. The molecule has 0 atom stereocenters. The summed E-state index contributed by atoms with van der Waals surface area (Å²) in [5, 5.41) is 0.754. The molecular formula is C38H42N6O4. The van der Waals surface area contributed by atoms with E-state index in [1.165, 1.54) is 20.9 Å². The van der Waals surface area contributed by atoms with E-state index in [1.54, 1.807) is 36.7 Å². The predicted molar refractivity (Wildman–Crippen MR) is 188 cm³/mol. The van der Waals surface area contributed by atoms with Crippen LogP contribution in [-0.2, 0) is 10.8 Å². The van der Waals surface area contributed by atoms with E-state index in [0.29, 0.717) is 59.0 Å². The van der Waals surface area contributed by atoms with Crippen molar-refractivity contribution >= 4 is 46.8 Å². The molecule has 2 aromatic carbocycles. The Morgan fingerprint density at radius 1 is 0.583 bits per heavy atom. The van der Waals surface area contributed by atoms with Gasteiger partial charge in [0.1, 0.15) is 0 Å². The number of aromatic nitrogens is 2. The Bertz CT molecular complexity index is 1790. The zero-order valence-corrected chi connectivity index (χ0v) is 28.4. The van der Waals surface area contributed by atoms with E-state index in [4.69, 9.17) is 0 Å². The second kappa shape index (κ2) is 12.5. The fourth-order valence-electron chi connectivity index (χ4n) is 6.19. The van der Waals surface area contributed by atoms with Crippen LogP contribution in [0, 0.1) is 0 Å². The molecule has 0 radical (unpaired) electrons. The highest BCUT2D eigenvalue weighted by Crippen LogP contribution is 2.38. The van der Waals surface area contributed by atoms with Gasteiger partial charge in [-0.15, -0.1) is 0 Å². The average Bonchev–Trinajstić information content (AvgIpc) is 3.72. The molecule has 6 rings (SSSR count). The van der Waals surface area contributed by atoms with E-state index in [0.717, 1.165) is 11.4 Å². The Morgan fingerprint density at radius 3 is 1.21 bits per heavy atom. The highest BCUT2D eigenvalue weighted by molar-refractivity contribution is 6.33. The monoisotopic (exact) mass is 646 g/mol. The quantitative estimate of drug-likeness (QED) is 0.119. The van der Waals surface area contributed by atoms with Crippen LogP contribution >= 0.6 is 0 Å². The van der Waals surface area contributed by atoms with Gasteiger partial charge in [-0.05, 0) is 71.2 Å². The zero-order valence-electron chi connectivity index (χ0n) is 28.4. The largest absolute Gasteiger partial charge is 0.360 e. The van der Waals surface area contributed by atoms with Gasteiger partial charge in [0.25, 0.3) is 23.6 Å². The van der Waals surface area contributed by atoms with Crippen LogP contribution < -0.4 is 0 Å². The topological polar surface area (TPSA) is 131 Å². The predicted octanol–water partition coefficient (Wildman–Crippen LogP) is 6.30. The van der Waals surface area contributed by atoms with Gasteiger partial charge in [-0.1, -0.05) is 41.5 Å². The minimum Gasteiger partial charge on any atom is -0.360 e. The Labute approximate surface area is 280 Å². The van der Waals surface area contributed by atoms with E-state index in [1.807, 2.05) is 12.4 Å². The Balaban J connectivity index is 1.11. The number of amides is 4. The van der Waals surface area contributed by atoms with Gasteiger partial charge in [-0.3, -0.25) is 39.0 Å². The van der Waals surface area contributed by atoms with E-state index in [-0.39, 0.29) is 23.9 Å². The van der Waals surface area contributed by atoms with E-state index < -0.39 is 23.6 Å². The maximum Gasteiger partial charge on any atom is 0.261 e. The van der Waals surface area contributed by atoms with Gasteiger partial charge in [0, 0.05) is 84.0 Å². The number of hydrogen-bond acceptors (Lipinski definition) is 6. The van der Waals surface area contributed by atoms with Gasteiger partial charge in [-0.25, -0.2) is 0 Å². The number of carbonyl (C=O) groups excluding carboxylic acids is 4. The summed E-state index contributed by atoms with van der Waals surface area (Å²) in [6.07, 6.45) is 8.47. The summed E-state index contributed by atoms with van der Waals surface area (Å²) in [5.41, 5.74) is 5.51. The molecule has 2 N–H and O–H groups in total. The van der Waals surface area contributed by atoms with Crippen molar-refractivity contribution in [2.45, 2.75) is 65.2 Å². The lowest BCUT2D eigenvalue weighted by Crippen LogP contribution is -2.44. The summed E-state index contributed by atoms with van der Waals surface area (Å²) >= 11 is 0. The van der Waals surface area contributed by atoms with Gasteiger partial charge in [0.05, 0.1) is 11.4 Å². The number of hydrogen-bond donors (Lipinski definition) is 2. The SMILES string of the molecule is CC(C)(C)c1c[nH]c(C=NCCCN2C(=O)c3ccc4c5c(ccc(c35)C2=O)C(=O)N(CCCN=Cc2cc(C(C)(C)C)c[nH]2)C4=O)c1. The van der Waals surface area contributed by atoms with Crippen molar-refractivity contribution in [3.63, 3.8) is 0 Å². The molecule has 48 heavy (non-hydrogen) atoms. The van der Waals surface area contributed by atoms with Gasteiger partial charge in [-0.2, -0.15) is 0 Å². The molecule has 248 valence electrons. The normalized spacial score (nSPS) is 15.3. The smallest absolute Gasteiger partial charge is 0.261 e. The number of aromatic amines is 2. The highest BCUT2D eigenvalue weighted by Gasteiger charge is 2.39. The van der Waals surface area contributed by atoms with E-state index in [2.05, 4.69) is 73.6 Å². The third kappa shape index (κ3) is 6.14. The Hall–Kier alpha value is -5.12. The molecule has 10 heteroatoms. The van der Waals surface area contributed by atoms with Gasteiger partial charge >= 0.3 is 0 Å². The van der Waals surface area contributed by atoms with Crippen LogP contribution in [0.1, 0.15) is 118 Å². The molecule has 0 bridgehead atoms. The molecule has 10 nitrogen and oxygen atoms in total. The minimum atomic E-state index is -0.434. The molecule has 2 aromatic heterocycles. The average molecular weight is 647 g/mol. The summed E-state index contributed by atoms with van der Waals surface area (Å²) in [7, 11) is 0. The maximum absolute atomic E-state index is 13.6.